The molecule has 0 aliphatic carbocycles. The smallest absolute Gasteiger partial charge is 0.305 e. The van der Waals surface area contributed by atoms with Gasteiger partial charge in [-0.25, -0.2) is 0 Å². The summed E-state index contributed by atoms with van der Waals surface area (Å²) in [5.74, 6) is -0.936. The van der Waals surface area contributed by atoms with Gasteiger partial charge in [0.25, 0.3) is 0 Å². The minimum Gasteiger partial charge on any atom is -0.463 e. The average molecular weight is 122 g/mol. The molecule has 0 aliphatic rings. The summed E-state index contributed by atoms with van der Waals surface area (Å²) in [4.78, 5) is 10.6. The highest BCUT2D eigenvalue weighted by atomic mass is 16.6. The van der Waals surface area contributed by atoms with Gasteiger partial charge in [0.05, 0.1) is 6.61 Å². The van der Waals surface area contributed by atoms with Gasteiger partial charge in [-0.2, -0.15) is 0 Å². The van der Waals surface area contributed by atoms with E-state index in [9.17, 15) is 4.79 Å². The standard InChI is InChI=1S/C5H10O3/c1-2-5(7)8-4-3-6/h6H,2-4H2,1H3/i1D2,2D,5+1. The molecule has 0 heterocycles. The van der Waals surface area contributed by atoms with Gasteiger partial charge in [-0.05, 0) is 0 Å². The Kier molecular flexibility index (Phi) is 1.98. The Labute approximate surface area is 52.5 Å². The van der Waals surface area contributed by atoms with Crippen LogP contribution < -0.4 is 0 Å². The summed E-state index contributed by atoms with van der Waals surface area (Å²) in [6.07, 6.45) is -1.50. The van der Waals surface area contributed by atoms with Gasteiger partial charge in [0, 0.05) is 10.5 Å². The summed E-state index contributed by atoms with van der Waals surface area (Å²) in [6, 6.07) is 0. The molecule has 0 saturated heterocycles. The zero-order chi connectivity index (χ0) is 8.85. The van der Waals surface area contributed by atoms with Crippen molar-refractivity contribution in [3.63, 3.8) is 0 Å². The lowest BCUT2D eigenvalue weighted by atomic mass is 10.7. The zero-order valence-corrected chi connectivity index (χ0v) is 4.33. The van der Waals surface area contributed by atoms with Crippen LogP contribution in [-0.4, -0.2) is 24.3 Å². The van der Waals surface area contributed by atoms with Gasteiger partial charge in [-0.1, -0.05) is 6.88 Å². The fourth-order valence-corrected chi connectivity index (χ4v) is 0.194. The predicted molar refractivity (Wildman–Crippen MR) is 28.3 cm³/mol. The first-order valence-corrected chi connectivity index (χ1v) is 2.14. The maximum absolute atomic E-state index is 10.6. The number of esters is 1. The summed E-state index contributed by atoms with van der Waals surface area (Å²) >= 11 is 0. The Morgan fingerprint density at radius 3 is 3.38 bits per heavy atom. The predicted octanol–water partition coefficient (Wildman–Crippen LogP) is -0.0681. The second-order valence-corrected chi connectivity index (χ2v) is 1.06. The van der Waals surface area contributed by atoms with Crippen molar-refractivity contribution in [2.24, 2.45) is 0 Å². The van der Waals surface area contributed by atoms with Crippen molar-refractivity contribution in [2.45, 2.75) is 13.3 Å². The fourth-order valence-electron chi connectivity index (χ4n) is 0.194. The van der Waals surface area contributed by atoms with Gasteiger partial charge in [0.1, 0.15) is 6.61 Å². The Morgan fingerprint density at radius 1 is 2.12 bits per heavy atom. The number of hydrogen-bond acceptors (Lipinski definition) is 3. The Hall–Kier alpha value is -0.570. The molecule has 0 aromatic rings. The molecule has 3 heteroatoms. The summed E-state index contributed by atoms with van der Waals surface area (Å²) in [6.45, 7) is -2.03. The van der Waals surface area contributed by atoms with E-state index in [0.29, 0.717) is 0 Å². The van der Waals surface area contributed by atoms with Gasteiger partial charge in [-0.3, -0.25) is 4.79 Å². The molecule has 48 valence electrons. The van der Waals surface area contributed by atoms with Crippen LogP contribution in [0.15, 0.2) is 0 Å². The van der Waals surface area contributed by atoms with Crippen LogP contribution in [0, 0.1) is 0 Å². The van der Waals surface area contributed by atoms with Gasteiger partial charge in [0.15, 0.2) is 0 Å². The van der Waals surface area contributed by atoms with Gasteiger partial charge in [-0.15, -0.1) is 0 Å². The van der Waals surface area contributed by atoms with Crippen LogP contribution in [0.2, 0.25) is 0 Å². The molecule has 0 aromatic heterocycles. The van der Waals surface area contributed by atoms with Crippen LogP contribution in [0.1, 0.15) is 17.4 Å². The van der Waals surface area contributed by atoms with E-state index in [0.717, 1.165) is 0 Å². The van der Waals surface area contributed by atoms with Gasteiger partial charge < -0.3 is 9.84 Å². The molecule has 1 unspecified atom stereocenters. The number of ether oxygens (including phenoxy) is 1. The maximum atomic E-state index is 10.6. The topological polar surface area (TPSA) is 46.5 Å². The van der Waals surface area contributed by atoms with E-state index in [4.69, 9.17) is 9.22 Å². The second kappa shape index (κ2) is 4.59. The van der Waals surface area contributed by atoms with Crippen LogP contribution in [0.5, 0.6) is 0 Å². The van der Waals surface area contributed by atoms with Crippen LogP contribution >= 0.6 is 0 Å². The van der Waals surface area contributed by atoms with Crippen molar-refractivity contribution in [3.8, 4) is 0 Å². The normalized spacial score (nSPS) is 18.5. The zero-order valence-electron chi connectivity index (χ0n) is 7.33. The highest BCUT2D eigenvalue weighted by Crippen LogP contribution is 1.81. The van der Waals surface area contributed by atoms with Crippen LogP contribution in [-0.2, 0) is 9.53 Å². The number of hydrogen-bond donors (Lipinski definition) is 1. The van der Waals surface area contributed by atoms with Crippen molar-refractivity contribution in [1.82, 2.24) is 0 Å². The minimum absolute atomic E-state index is 0.180. The van der Waals surface area contributed by atoms with E-state index in [2.05, 4.69) is 4.74 Å². The Morgan fingerprint density at radius 2 is 2.88 bits per heavy atom. The van der Waals surface area contributed by atoms with Crippen molar-refractivity contribution in [2.75, 3.05) is 13.2 Å². The monoisotopic (exact) mass is 122 g/mol. The summed E-state index contributed by atoms with van der Waals surface area (Å²) < 4.78 is 24.5. The quantitative estimate of drug-likeness (QED) is 0.421. The molecule has 0 amide bonds. The summed E-state index contributed by atoms with van der Waals surface area (Å²) in [7, 11) is 0. The van der Waals surface area contributed by atoms with E-state index in [-0.39, 0.29) is 13.2 Å². The molecule has 1 atom stereocenters. The van der Waals surface area contributed by atoms with Crippen molar-refractivity contribution in [1.29, 1.82) is 0 Å². The van der Waals surface area contributed by atoms with E-state index >= 15 is 0 Å². The molecule has 0 radical (unpaired) electrons. The van der Waals surface area contributed by atoms with Crippen LogP contribution in [0.4, 0.5) is 0 Å². The number of carbonyl (C=O) groups is 1. The lowest BCUT2D eigenvalue weighted by Gasteiger charge is -1.96. The van der Waals surface area contributed by atoms with Crippen molar-refractivity contribution >= 4 is 5.97 Å². The summed E-state index contributed by atoms with van der Waals surface area (Å²) in [5, 5.41) is 8.20. The third-order valence-electron chi connectivity index (χ3n) is 0.472. The highest BCUT2D eigenvalue weighted by Gasteiger charge is 1.93. The molecule has 0 rings (SSSR count). The molecule has 0 aliphatic heterocycles. The largest absolute Gasteiger partial charge is 0.463 e. The van der Waals surface area contributed by atoms with Gasteiger partial charge in [0.2, 0.25) is 0 Å². The molecular weight excluding hydrogens is 109 g/mol. The number of aliphatic hydroxyl groups is 1. The van der Waals surface area contributed by atoms with Crippen molar-refractivity contribution < 1.29 is 18.8 Å². The van der Waals surface area contributed by atoms with Crippen LogP contribution in [0.25, 0.3) is 0 Å². The first-order valence-electron chi connectivity index (χ1n) is 3.87. The first-order chi connectivity index (χ1) is 5.09. The average Bonchev–Trinajstić information content (AvgIpc) is 1.98. The molecule has 8 heavy (non-hydrogen) atoms. The first kappa shape index (κ1) is 3.45. The lowest BCUT2D eigenvalue weighted by molar-refractivity contribution is -0.144. The molecule has 1 N–H and O–H groups in total. The number of carbonyl (C=O) groups excluding carboxylic acids is 1. The Bertz CT molecular complexity index is 128. The molecule has 3 nitrogen and oxygen atoms in total. The molecule has 0 aromatic carbocycles. The molecular formula is C5H10O3. The summed E-state index contributed by atoms with van der Waals surface area (Å²) in [5.41, 5.74) is 0. The fraction of sp³-hybridized carbons (Fsp3) is 0.800. The van der Waals surface area contributed by atoms with E-state index in [1.54, 1.807) is 0 Å². The maximum Gasteiger partial charge on any atom is 0.305 e. The molecule has 0 saturated carbocycles. The third kappa shape index (κ3) is 3.61. The van der Waals surface area contributed by atoms with E-state index in [1.165, 1.54) is 0 Å². The molecule has 0 spiro atoms. The molecule has 0 bridgehead atoms. The molecule has 0 fully saturated rings. The number of rotatable bonds is 3. The second-order valence-electron chi connectivity index (χ2n) is 1.06. The van der Waals surface area contributed by atoms with E-state index < -0.39 is 19.2 Å². The van der Waals surface area contributed by atoms with Gasteiger partial charge >= 0.3 is 5.97 Å². The van der Waals surface area contributed by atoms with E-state index in [1.807, 2.05) is 0 Å². The van der Waals surface area contributed by atoms with Crippen molar-refractivity contribution in [3.05, 3.63) is 0 Å². The third-order valence-corrected chi connectivity index (χ3v) is 0.472. The lowest BCUT2D eigenvalue weighted by Crippen LogP contribution is -2.06. The SMILES string of the molecule is [2H]C([2H])C([2H])[13C](=O)OCCO. The minimum atomic E-state index is -1.54. The van der Waals surface area contributed by atoms with Crippen LogP contribution in [0.3, 0.4) is 0 Å². The highest BCUT2D eigenvalue weighted by molar-refractivity contribution is 5.68. The number of aliphatic hydroxyl groups excluding tert-OH is 1. The Balaban J connectivity index is 3.64.